The van der Waals surface area contributed by atoms with Crippen molar-refractivity contribution in [3.05, 3.63) is 272 Å². The van der Waals surface area contributed by atoms with E-state index in [4.69, 9.17) is 8.83 Å². The zero-order chi connectivity index (χ0) is 74.0. The predicted octanol–water partition coefficient (Wildman–Crippen LogP) is 21.9. The van der Waals surface area contributed by atoms with Gasteiger partial charge >= 0.3 is 11.5 Å². The molecule has 0 saturated heterocycles. The molecule has 8 aromatic heterocycles. The number of nitrogens with zero attached hydrogens (tertiary/aromatic N) is 8. The van der Waals surface area contributed by atoms with Gasteiger partial charge in [0.1, 0.15) is 0 Å². The van der Waals surface area contributed by atoms with Crippen LogP contribution in [0.5, 0.6) is 0 Å². The van der Waals surface area contributed by atoms with Crippen molar-refractivity contribution in [1.29, 1.82) is 0 Å². The highest BCUT2D eigenvalue weighted by Gasteiger charge is 2.10. The van der Waals surface area contributed by atoms with Crippen molar-refractivity contribution in [3.63, 3.8) is 0 Å². The number of imidazole rings is 1. The molecule has 4 N–H and O–H groups in total. The summed E-state index contributed by atoms with van der Waals surface area (Å²) in [4.78, 5) is 40.4. The van der Waals surface area contributed by atoms with Gasteiger partial charge in [-0.1, -0.05) is 197 Å². The fraction of sp³-hybridized carbons (Fsp3) is 0.365. The molecule has 14 rings (SSSR count). The van der Waals surface area contributed by atoms with Crippen LogP contribution in [0.25, 0.3) is 55.0 Å². The molecule has 0 bridgehead atoms. The molecule has 0 spiro atoms. The van der Waals surface area contributed by atoms with Crippen molar-refractivity contribution in [3.8, 4) is 0 Å². The van der Waals surface area contributed by atoms with E-state index in [1.807, 2.05) is 98.3 Å². The van der Waals surface area contributed by atoms with Gasteiger partial charge in [0, 0.05) is 54.8 Å². The van der Waals surface area contributed by atoms with Gasteiger partial charge in [0.2, 0.25) is 0 Å². The minimum absolute atomic E-state index is 0.305. The van der Waals surface area contributed by atoms with Gasteiger partial charge in [-0.3, -0.25) is 34.4 Å². The highest BCUT2D eigenvalue weighted by atomic mass is 16.4. The number of aryl methyl sites for hydroxylation is 4. The first-order valence-corrected chi connectivity index (χ1v) is 35.4. The highest BCUT2D eigenvalue weighted by Crippen LogP contribution is 2.25. The maximum absolute atomic E-state index is 11.2. The van der Waals surface area contributed by atoms with Gasteiger partial charge < -0.3 is 13.8 Å². The maximum Gasteiger partial charge on any atom is 0.419 e. The molecule has 0 aliphatic rings. The number of rotatable bonds is 9. The number of aromatic nitrogens is 12. The molecule has 8 heterocycles. The average Bonchev–Trinajstić information content (AvgIpc) is 1.67. The first-order valence-electron chi connectivity index (χ1n) is 35.4. The summed E-state index contributed by atoms with van der Waals surface area (Å²) in [6.45, 7) is 43.0. The average molecular weight is 1360 g/mol. The van der Waals surface area contributed by atoms with Crippen LogP contribution >= 0.6 is 0 Å². The van der Waals surface area contributed by atoms with Crippen molar-refractivity contribution < 1.29 is 8.83 Å². The van der Waals surface area contributed by atoms with Gasteiger partial charge in [0.05, 0.1) is 58.0 Å². The van der Waals surface area contributed by atoms with Crippen LogP contribution < -0.4 is 11.5 Å². The number of nitrogens with one attached hydrogen (secondary N) is 4. The zero-order valence-electron chi connectivity index (χ0n) is 63.8. The molecule has 0 unspecified atom stereocenters. The summed E-state index contributed by atoms with van der Waals surface area (Å²) in [5, 5.41) is 20.3. The SMILES string of the molecule is CC(C)c1ccc2[nH]c(=O)oc2c1.CC(C)c1ccc2[nH]ncc2c1.CC(C)c1ccc2[nH]ncc2c1.CC(C)c1ccc2c(c1)oc(=O)n2C.CC(C)c1ccc2nc[nH]c2c1.CC(C)c1ccccc1.CC(C)c1cnn(C)c1.Cc1ccc(C(C)C)cn1.Cc1ccc(C(C)C)nc1. The molecule has 0 amide bonds. The highest BCUT2D eigenvalue weighted by molar-refractivity contribution is 5.80. The third-order valence-corrected chi connectivity index (χ3v) is 17.0. The summed E-state index contributed by atoms with van der Waals surface area (Å²) in [5.41, 5.74) is 21.3. The lowest BCUT2D eigenvalue weighted by Crippen LogP contribution is -2.08. The molecule has 534 valence electrons. The Hall–Kier alpha value is -10.2. The van der Waals surface area contributed by atoms with Gasteiger partial charge in [-0.15, -0.1) is 0 Å². The lowest BCUT2D eigenvalue weighted by atomic mass is 10.0. The Balaban J connectivity index is 0.000000179. The van der Waals surface area contributed by atoms with E-state index in [0.717, 1.165) is 38.8 Å². The molecule has 0 radical (unpaired) electrons. The fourth-order valence-electron chi connectivity index (χ4n) is 10.0. The van der Waals surface area contributed by atoms with E-state index < -0.39 is 5.76 Å². The molecular formula is C85H110N12O4. The van der Waals surface area contributed by atoms with Crippen molar-refractivity contribution in [2.45, 2.75) is 192 Å². The van der Waals surface area contributed by atoms with Gasteiger partial charge in [0.15, 0.2) is 11.2 Å². The minimum atomic E-state index is -0.393. The summed E-state index contributed by atoms with van der Waals surface area (Å²) in [6, 6.07) is 49.7. The van der Waals surface area contributed by atoms with Crippen molar-refractivity contribution in [2.24, 2.45) is 14.1 Å². The molecule has 101 heavy (non-hydrogen) atoms. The lowest BCUT2D eigenvalue weighted by Gasteiger charge is -2.03. The van der Waals surface area contributed by atoms with Gasteiger partial charge in [-0.25, -0.2) is 14.6 Å². The summed E-state index contributed by atoms with van der Waals surface area (Å²) in [6.07, 6.45) is 13.3. The number of aromatic amines is 4. The Labute approximate surface area is 597 Å². The number of benzene rings is 6. The summed E-state index contributed by atoms with van der Waals surface area (Å²) < 4.78 is 13.4. The largest absolute Gasteiger partial charge is 0.419 e. The molecule has 16 heteroatoms. The van der Waals surface area contributed by atoms with Gasteiger partial charge in [0.25, 0.3) is 0 Å². The van der Waals surface area contributed by atoms with E-state index in [0.29, 0.717) is 64.4 Å². The number of pyridine rings is 2. The predicted molar refractivity (Wildman–Crippen MR) is 421 cm³/mol. The smallest absolute Gasteiger partial charge is 0.408 e. The van der Waals surface area contributed by atoms with Crippen LogP contribution in [-0.2, 0) is 14.1 Å². The third-order valence-electron chi connectivity index (χ3n) is 17.0. The fourth-order valence-corrected chi connectivity index (χ4v) is 10.0. The standard InChI is InChI=1S/C11H13NO2.3C10H12N2.C10H11NO2.2C9H13N.C9H12.C7H12N2/c1-7(2)8-4-5-9-10(6-8)14-11(13)12(9)3;2*1-7(2)8-3-4-10-9(5-8)6-11-12-10;1-7(2)8-3-4-9-10(5-8)12-6-11-9;1-6(2)7-3-4-8-9(5-7)13-10(12)11-8;1-7(2)9-5-4-8(3)10-6-9;1-7(2)9-5-4-8(3)6-10-9;1-8(2)9-6-4-3-5-7-9;1-6(2)7-4-8-9(3)5-7/h4-7H,1-3H3;3*3-7H,1-2H3,(H,11,12);3-6H,1-2H3,(H,11,12);2*4-7H,1-3H3;3-8H,1-2H3;4-6H,1-3H3. The van der Waals surface area contributed by atoms with Crippen LogP contribution in [-0.4, -0.2) is 59.7 Å². The lowest BCUT2D eigenvalue weighted by molar-refractivity contribution is 0.527. The monoisotopic (exact) mass is 1360 g/mol. The molecule has 16 nitrogen and oxygen atoms in total. The normalized spacial score (nSPS) is 11.0. The Kier molecular flexibility index (Phi) is 30.8. The number of H-pyrrole nitrogens is 4. The second-order valence-corrected chi connectivity index (χ2v) is 28.3. The van der Waals surface area contributed by atoms with E-state index >= 15 is 0 Å². The van der Waals surface area contributed by atoms with E-state index in [1.54, 1.807) is 13.4 Å². The molecule has 0 atom stereocenters. The van der Waals surface area contributed by atoms with E-state index in [1.165, 1.54) is 71.1 Å². The Morgan fingerprint density at radius 2 is 0.891 bits per heavy atom. The summed E-state index contributed by atoms with van der Waals surface area (Å²) in [7, 11) is 3.65. The number of oxazole rings is 2. The van der Waals surface area contributed by atoms with Crippen LogP contribution in [0.4, 0.5) is 0 Å². The first-order chi connectivity index (χ1) is 48.0. The van der Waals surface area contributed by atoms with Crippen LogP contribution in [0.3, 0.4) is 0 Å². The number of hydrogen-bond acceptors (Lipinski definition) is 10. The second-order valence-electron chi connectivity index (χ2n) is 28.3. The molecule has 0 aliphatic carbocycles. The Morgan fingerprint density at radius 1 is 0.396 bits per heavy atom. The van der Waals surface area contributed by atoms with Gasteiger partial charge in [-0.05, 0) is 190 Å². The van der Waals surface area contributed by atoms with Crippen LogP contribution in [0.1, 0.15) is 239 Å². The quantitative estimate of drug-likeness (QED) is 0.107. The maximum atomic E-state index is 11.2. The topological polar surface area (TPSA) is 211 Å². The van der Waals surface area contributed by atoms with E-state index in [9.17, 15) is 9.59 Å². The van der Waals surface area contributed by atoms with Crippen LogP contribution in [0.2, 0.25) is 0 Å². The minimum Gasteiger partial charge on any atom is -0.408 e. The van der Waals surface area contributed by atoms with Crippen LogP contribution in [0.15, 0.2) is 208 Å². The molecular weight excluding hydrogens is 1250 g/mol. The molecule has 14 aromatic rings. The van der Waals surface area contributed by atoms with Crippen LogP contribution in [0, 0.1) is 13.8 Å². The van der Waals surface area contributed by atoms with Crippen molar-refractivity contribution in [2.75, 3.05) is 0 Å². The number of hydrogen-bond donors (Lipinski definition) is 4. The zero-order valence-corrected chi connectivity index (χ0v) is 63.8. The first kappa shape index (κ1) is 79.8. The Bertz CT molecular complexity index is 4580. The third kappa shape index (κ3) is 25.2. The summed E-state index contributed by atoms with van der Waals surface area (Å²) in [5.74, 6) is 4.34. The molecule has 0 fully saturated rings. The molecule has 0 saturated carbocycles. The summed E-state index contributed by atoms with van der Waals surface area (Å²) >= 11 is 0. The van der Waals surface area contributed by atoms with E-state index in [2.05, 4.69) is 285 Å². The van der Waals surface area contributed by atoms with E-state index in [-0.39, 0.29) is 5.76 Å². The van der Waals surface area contributed by atoms with Crippen molar-refractivity contribution in [1.82, 2.24) is 59.7 Å². The Morgan fingerprint density at radius 3 is 1.36 bits per heavy atom. The molecule has 0 aliphatic heterocycles. The second kappa shape index (κ2) is 39.0. The molecule has 6 aromatic carbocycles. The number of fused-ring (bicyclic) bond motifs is 5. The van der Waals surface area contributed by atoms with Gasteiger partial charge in [-0.2, -0.15) is 15.3 Å². The van der Waals surface area contributed by atoms with Crippen molar-refractivity contribution >= 4 is 55.0 Å².